The summed E-state index contributed by atoms with van der Waals surface area (Å²) in [5.41, 5.74) is 1.20. The van der Waals surface area contributed by atoms with Gasteiger partial charge in [0, 0.05) is 10.6 Å². The Kier molecular flexibility index (Phi) is 5.11. The van der Waals surface area contributed by atoms with Crippen LogP contribution < -0.4 is 5.32 Å². The average Bonchev–Trinajstić information content (AvgIpc) is 2.70. The maximum absolute atomic E-state index is 12.2. The molecule has 2 rings (SSSR count). The molecule has 1 N–H and O–H groups in total. The summed E-state index contributed by atoms with van der Waals surface area (Å²) in [5.74, 6) is -2.72. The smallest absolute Gasteiger partial charge is 0.288 e. The molecule has 1 heterocycles. The number of benzene rings is 1. The largest absolute Gasteiger partial charge is 0.321 e. The van der Waals surface area contributed by atoms with Gasteiger partial charge in [-0.3, -0.25) is 4.79 Å². The van der Waals surface area contributed by atoms with E-state index in [-0.39, 0.29) is 5.91 Å². The third-order valence-corrected chi connectivity index (χ3v) is 4.64. The highest BCUT2D eigenvalue weighted by Crippen LogP contribution is 2.27. The van der Waals surface area contributed by atoms with Crippen molar-refractivity contribution in [2.24, 2.45) is 0 Å². The fourth-order valence-electron chi connectivity index (χ4n) is 1.48. The molecule has 0 fully saturated rings. The molecule has 0 radical (unpaired) electrons. The topological polar surface area (TPSA) is 42.0 Å². The van der Waals surface area contributed by atoms with Gasteiger partial charge in [-0.25, -0.2) is 4.98 Å². The molecule has 8 heteroatoms. The summed E-state index contributed by atoms with van der Waals surface area (Å²) in [6, 6.07) is 6.27. The number of amides is 1. The van der Waals surface area contributed by atoms with Crippen molar-refractivity contribution in [3.63, 3.8) is 0 Å². The van der Waals surface area contributed by atoms with Crippen LogP contribution in [0.1, 0.15) is 15.4 Å². The van der Waals surface area contributed by atoms with Crippen LogP contribution in [-0.4, -0.2) is 16.6 Å². The number of aromatic nitrogens is 1. The normalized spacial score (nSPS) is 10.8. The number of halogens is 3. The fraction of sp³-hybridized carbons (Fsp3) is 0.167. The van der Waals surface area contributed by atoms with Crippen LogP contribution in [0.5, 0.6) is 0 Å². The number of hydrogen-bond acceptors (Lipinski definition) is 4. The summed E-state index contributed by atoms with van der Waals surface area (Å²) in [5, 5.41) is 2.71. The van der Waals surface area contributed by atoms with E-state index in [1.54, 1.807) is 31.2 Å². The fourth-order valence-corrected chi connectivity index (χ4v) is 3.42. The van der Waals surface area contributed by atoms with Crippen molar-refractivity contribution >= 4 is 50.6 Å². The van der Waals surface area contributed by atoms with E-state index in [1.165, 1.54) is 11.3 Å². The van der Waals surface area contributed by atoms with Crippen LogP contribution in [0.25, 0.3) is 0 Å². The molecule has 0 atom stereocenters. The Bertz CT molecular complexity index is 616. The molecule has 1 aromatic heterocycles. The van der Waals surface area contributed by atoms with Gasteiger partial charge in [0.2, 0.25) is 0 Å². The lowest BCUT2D eigenvalue weighted by Crippen LogP contribution is -2.11. The highest BCUT2D eigenvalue weighted by atomic mass is 79.9. The highest BCUT2D eigenvalue weighted by Gasteiger charge is 2.14. The number of nitrogens with zero attached hydrogens (tertiary/aromatic N) is 1. The predicted octanol–water partition coefficient (Wildman–Crippen LogP) is 4.78. The standard InChI is InChI=1S/C12H9BrF2N2OS2/c1-6-9(20-11(13)16-6)10(18)17-7-2-4-8(5-3-7)19-12(14)15/h2-5,12H,1H3,(H,17,18). The minimum Gasteiger partial charge on any atom is -0.321 e. The number of carbonyl (C=O) groups excluding carboxylic acids is 1. The van der Waals surface area contributed by atoms with Crippen molar-refractivity contribution in [2.75, 3.05) is 5.32 Å². The van der Waals surface area contributed by atoms with Gasteiger partial charge >= 0.3 is 0 Å². The lowest BCUT2D eigenvalue weighted by Gasteiger charge is -2.05. The van der Waals surface area contributed by atoms with E-state index in [2.05, 4.69) is 26.2 Å². The minimum atomic E-state index is -2.45. The van der Waals surface area contributed by atoms with E-state index in [0.29, 0.717) is 36.8 Å². The Labute approximate surface area is 130 Å². The highest BCUT2D eigenvalue weighted by molar-refractivity contribution is 9.11. The van der Waals surface area contributed by atoms with Crippen LogP contribution >= 0.6 is 39.0 Å². The zero-order valence-corrected chi connectivity index (χ0v) is 13.4. The molecule has 20 heavy (non-hydrogen) atoms. The maximum atomic E-state index is 12.2. The molecule has 106 valence electrons. The zero-order chi connectivity index (χ0) is 14.7. The molecular formula is C12H9BrF2N2OS2. The van der Waals surface area contributed by atoms with Gasteiger partial charge in [-0.1, -0.05) is 11.8 Å². The molecule has 0 saturated heterocycles. The van der Waals surface area contributed by atoms with E-state index in [9.17, 15) is 13.6 Å². The molecule has 1 aromatic carbocycles. The number of thiazole rings is 1. The number of rotatable bonds is 4. The summed E-state index contributed by atoms with van der Waals surface area (Å²) in [7, 11) is 0. The molecular weight excluding hydrogens is 370 g/mol. The van der Waals surface area contributed by atoms with Gasteiger partial charge in [0.05, 0.1) is 5.69 Å². The van der Waals surface area contributed by atoms with Crippen molar-refractivity contribution in [3.8, 4) is 0 Å². The third kappa shape index (κ3) is 4.00. The monoisotopic (exact) mass is 378 g/mol. The van der Waals surface area contributed by atoms with Crippen LogP contribution in [0.3, 0.4) is 0 Å². The van der Waals surface area contributed by atoms with Crippen molar-refractivity contribution in [1.82, 2.24) is 4.98 Å². The summed E-state index contributed by atoms with van der Waals surface area (Å²) in [6.45, 7) is 1.75. The Morgan fingerprint density at radius 1 is 1.40 bits per heavy atom. The van der Waals surface area contributed by atoms with Crippen LogP contribution in [0.2, 0.25) is 0 Å². The second-order valence-corrected chi connectivity index (χ2v) is 7.08. The molecule has 3 nitrogen and oxygen atoms in total. The van der Waals surface area contributed by atoms with E-state index in [0.717, 1.165) is 0 Å². The first kappa shape index (κ1) is 15.4. The van der Waals surface area contributed by atoms with Crippen LogP contribution in [0.4, 0.5) is 14.5 Å². The van der Waals surface area contributed by atoms with Crippen molar-refractivity contribution in [2.45, 2.75) is 17.6 Å². The minimum absolute atomic E-state index is 0.264. The average molecular weight is 379 g/mol. The first-order valence-corrected chi connectivity index (χ1v) is 7.94. The molecule has 0 saturated carbocycles. The van der Waals surface area contributed by atoms with Gasteiger partial charge in [0.15, 0.2) is 3.92 Å². The number of hydrogen-bond donors (Lipinski definition) is 1. The molecule has 2 aromatic rings. The van der Waals surface area contributed by atoms with Crippen LogP contribution in [0, 0.1) is 6.92 Å². The van der Waals surface area contributed by atoms with Gasteiger partial charge in [-0.15, -0.1) is 11.3 Å². The molecule has 0 unspecified atom stereocenters. The lowest BCUT2D eigenvalue weighted by molar-refractivity contribution is 0.103. The third-order valence-electron chi connectivity index (χ3n) is 2.31. The summed E-state index contributed by atoms with van der Waals surface area (Å²) < 4.78 is 25.0. The van der Waals surface area contributed by atoms with Gasteiger partial charge in [-0.05, 0) is 47.1 Å². The van der Waals surface area contributed by atoms with Gasteiger partial charge in [0.25, 0.3) is 11.7 Å². The first-order chi connectivity index (χ1) is 9.45. The van der Waals surface area contributed by atoms with Gasteiger partial charge < -0.3 is 5.32 Å². The Balaban J connectivity index is 2.06. The Morgan fingerprint density at radius 2 is 2.05 bits per heavy atom. The number of aryl methyl sites for hydroxylation is 1. The Morgan fingerprint density at radius 3 is 2.55 bits per heavy atom. The maximum Gasteiger partial charge on any atom is 0.288 e. The van der Waals surface area contributed by atoms with Crippen molar-refractivity contribution < 1.29 is 13.6 Å². The quantitative estimate of drug-likeness (QED) is 0.778. The van der Waals surface area contributed by atoms with Crippen molar-refractivity contribution in [1.29, 1.82) is 0 Å². The number of thioether (sulfide) groups is 1. The van der Waals surface area contributed by atoms with Crippen molar-refractivity contribution in [3.05, 3.63) is 38.8 Å². The second-order valence-electron chi connectivity index (χ2n) is 3.74. The van der Waals surface area contributed by atoms with Gasteiger partial charge in [-0.2, -0.15) is 8.78 Å². The summed E-state index contributed by atoms with van der Waals surface area (Å²) in [6.07, 6.45) is 0. The first-order valence-electron chi connectivity index (χ1n) is 5.45. The molecule has 1 amide bonds. The number of anilines is 1. The second kappa shape index (κ2) is 6.64. The number of alkyl halides is 2. The van der Waals surface area contributed by atoms with Gasteiger partial charge in [0.1, 0.15) is 4.88 Å². The molecule has 0 aliphatic rings. The zero-order valence-electron chi connectivity index (χ0n) is 10.2. The molecule has 0 spiro atoms. The van der Waals surface area contributed by atoms with E-state index < -0.39 is 5.76 Å². The summed E-state index contributed by atoms with van der Waals surface area (Å²) in [4.78, 5) is 17.1. The summed E-state index contributed by atoms with van der Waals surface area (Å²) >= 11 is 4.93. The van der Waals surface area contributed by atoms with E-state index in [1.807, 2.05) is 0 Å². The Hall–Kier alpha value is -0.990. The molecule has 0 aliphatic heterocycles. The lowest BCUT2D eigenvalue weighted by atomic mass is 10.3. The van der Waals surface area contributed by atoms with E-state index >= 15 is 0 Å². The number of nitrogens with one attached hydrogen (secondary N) is 1. The van der Waals surface area contributed by atoms with Crippen LogP contribution in [-0.2, 0) is 0 Å². The van der Waals surface area contributed by atoms with E-state index in [4.69, 9.17) is 0 Å². The molecule has 0 aliphatic carbocycles. The van der Waals surface area contributed by atoms with Crippen LogP contribution in [0.15, 0.2) is 33.1 Å². The predicted molar refractivity (Wildman–Crippen MR) is 80.8 cm³/mol. The number of carbonyl (C=O) groups is 1. The SMILES string of the molecule is Cc1nc(Br)sc1C(=O)Nc1ccc(SC(F)F)cc1. The molecule has 0 bridgehead atoms.